The summed E-state index contributed by atoms with van der Waals surface area (Å²) in [5.74, 6) is -1.08. The topological polar surface area (TPSA) is 339 Å². The number of aryl methyl sites for hydroxylation is 3. The number of carbonyl (C=O) groups is 8. The van der Waals surface area contributed by atoms with Gasteiger partial charge in [-0.05, 0) is 186 Å². The molecule has 0 saturated carbocycles. The first-order valence-electron chi connectivity index (χ1n) is 47.1. The monoisotopic (exact) mass is 1830 g/mol. The molecule has 7 amide bonds. The van der Waals surface area contributed by atoms with Gasteiger partial charge in [-0.25, -0.2) is 18.8 Å². The predicted molar refractivity (Wildman–Crippen MR) is 515 cm³/mol. The Morgan fingerprint density at radius 3 is 0.970 bits per heavy atom. The van der Waals surface area contributed by atoms with E-state index >= 15 is 0 Å². The van der Waals surface area contributed by atoms with Crippen LogP contribution in [0.2, 0.25) is 0 Å². The van der Waals surface area contributed by atoms with Gasteiger partial charge in [0.05, 0.1) is 78.3 Å². The van der Waals surface area contributed by atoms with Crippen LogP contribution in [0.15, 0.2) is 188 Å². The summed E-state index contributed by atoms with van der Waals surface area (Å²) in [5, 5.41) is 57.3. The Balaban J connectivity index is 0.000000194. The summed E-state index contributed by atoms with van der Waals surface area (Å²) in [5.41, 5.74) is 12.4. The minimum atomic E-state index is -0.505. The van der Waals surface area contributed by atoms with Gasteiger partial charge in [0.2, 0.25) is 0 Å². The number of benzene rings is 7. The normalized spacial score (nSPS) is 14.2. The fraction of sp³-hybridized carbons (Fsp3) is 0.419. The number of nitrogens with one attached hydrogen (secondary N) is 1. The number of para-hydroxylation sites is 1. The molecule has 3 aliphatic rings. The van der Waals surface area contributed by atoms with Crippen molar-refractivity contribution in [3.8, 4) is 34.3 Å². The molecule has 0 radical (unpaired) electrons. The summed E-state index contributed by atoms with van der Waals surface area (Å²) in [6.07, 6.45) is 12.9. The molecular formula is C105H131N13O16. The highest BCUT2D eigenvalue weighted by Crippen LogP contribution is 2.35. The van der Waals surface area contributed by atoms with Crippen molar-refractivity contribution in [2.24, 2.45) is 0 Å². The summed E-state index contributed by atoms with van der Waals surface area (Å²) in [4.78, 5) is 119. The number of unbranched alkanes of at least 4 members (excludes halogenated alkanes) is 6. The third kappa shape index (κ3) is 26.2. The predicted octanol–water partition coefficient (Wildman–Crippen LogP) is 15.8. The van der Waals surface area contributed by atoms with Crippen LogP contribution < -0.4 is 19.5 Å². The molecule has 13 rings (SSSR count). The molecule has 0 bridgehead atoms. The second-order valence-corrected chi connectivity index (χ2v) is 34.2. The number of amides is 7. The first kappa shape index (κ1) is 101. The van der Waals surface area contributed by atoms with Gasteiger partial charge in [-0.15, -0.1) is 0 Å². The molecule has 6 heterocycles. The summed E-state index contributed by atoms with van der Waals surface area (Å²) >= 11 is 0. The van der Waals surface area contributed by atoms with Gasteiger partial charge in [-0.2, -0.15) is 15.3 Å². The Morgan fingerprint density at radius 1 is 0.388 bits per heavy atom. The number of hydrogen-bond acceptors (Lipinski definition) is 19. The van der Waals surface area contributed by atoms with Crippen molar-refractivity contribution >= 4 is 53.0 Å². The van der Waals surface area contributed by atoms with Crippen molar-refractivity contribution in [1.29, 1.82) is 0 Å². The third-order valence-electron chi connectivity index (χ3n) is 24.1. The van der Waals surface area contributed by atoms with E-state index in [0.29, 0.717) is 169 Å². The molecule has 3 aliphatic heterocycles. The van der Waals surface area contributed by atoms with Gasteiger partial charge in [0, 0.05) is 99.9 Å². The number of anilines is 1. The van der Waals surface area contributed by atoms with E-state index in [0.717, 1.165) is 110 Å². The van der Waals surface area contributed by atoms with Gasteiger partial charge in [0.15, 0.2) is 30.3 Å². The van der Waals surface area contributed by atoms with E-state index < -0.39 is 18.1 Å². The number of aromatic nitrogens is 6. The third-order valence-corrected chi connectivity index (χ3v) is 24.1. The van der Waals surface area contributed by atoms with E-state index in [1.165, 1.54) is 0 Å². The maximum absolute atomic E-state index is 14.3. The van der Waals surface area contributed by atoms with E-state index in [1.807, 2.05) is 126 Å². The van der Waals surface area contributed by atoms with Crippen molar-refractivity contribution in [1.82, 2.24) is 58.7 Å². The van der Waals surface area contributed by atoms with Crippen LogP contribution in [0, 0.1) is 20.8 Å². The van der Waals surface area contributed by atoms with Crippen molar-refractivity contribution in [2.45, 2.75) is 203 Å². The maximum atomic E-state index is 14.3. The van der Waals surface area contributed by atoms with Crippen LogP contribution in [0.5, 0.6) is 17.2 Å². The minimum absolute atomic E-state index is 0.103. The van der Waals surface area contributed by atoms with Crippen molar-refractivity contribution in [3.63, 3.8) is 0 Å². The number of hydrogen-bond donors (Lipinski definition) is 5. The molecule has 29 heteroatoms. The molecule has 29 nitrogen and oxygen atoms in total. The lowest BCUT2D eigenvalue weighted by atomic mass is 9.93. The number of aliphatic hydroxyl groups excluding tert-OH is 4. The van der Waals surface area contributed by atoms with Crippen LogP contribution in [-0.4, -0.2) is 230 Å². The molecule has 0 spiro atoms. The van der Waals surface area contributed by atoms with Gasteiger partial charge in [-0.3, -0.25) is 33.6 Å². The van der Waals surface area contributed by atoms with Crippen LogP contribution in [0.3, 0.4) is 0 Å². The van der Waals surface area contributed by atoms with Crippen LogP contribution in [0.4, 0.5) is 5.69 Å². The quantitative estimate of drug-likeness (QED) is 0.0175. The molecule has 5 N–H and O–H groups in total. The van der Waals surface area contributed by atoms with E-state index in [2.05, 4.69) is 53.4 Å². The molecule has 0 unspecified atom stereocenters. The van der Waals surface area contributed by atoms with Gasteiger partial charge in [0.25, 0.3) is 41.4 Å². The zero-order chi connectivity index (χ0) is 95.9. The summed E-state index contributed by atoms with van der Waals surface area (Å²) in [6.45, 7) is 27.4. The highest BCUT2D eigenvalue weighted by atomic mass is 16.6. The van der Waals surface area contributed by atoms with Gasteiger partial charge < -0.3 is 74.1 Å². The highest BCUT2D eigenvalue weighted by molar-refractivity contribution is 6.01. The number of aliphatic hydroxyl groups is 4. The minimum Gasteiger partial charge on any atom is -0.509 e. The van der Waals surface area contributed by atoms with Gasteiger partial charge in [0.1, 0.15) is 29.6 Å². The second-order valence-electron chi connectivity index (χ2n) is 34.2. The lowest BCUT2D eigenvalue weighted by Crippen LogP contribution is -2.46. The Bertz CT molecular complexity index is 5640. The number of esters is 1. The molecule has 3 aromatic heterocycles. The standard InChI is InChI=1S/C38H45N5O5.C34H44N4O6.C33H42N4O5/c1-4-6-19-41(20-7-5-2)38(47)34-21-27(3)43(40-34)35-23-32(48-26-36(45)39-30-15-9-8-10-16-30)17-18-33(35)37(46)42-24-29-14-12-11-13-28(29)22-31(42)25-44;1-5-8-16-36(17-9-6-2)34(42)30-18-24(4)38(35-30)31-20-28(44-23-32(40)43-7-3)14-15-29(31)33(41)37-21-26-13-11-10-12-25(26)19-27(37)22-39;1-5-7-15-35(16-8-6-2)33(41)30-17-23(3)37(34-30)31-19-28(42-22-24(4)39)13-14-29(31)32(40)36-20-26-12-10-9-11-25(26)18-27(36)21-38/h8-18,21,23,31,44H,4-7,19-20,22,24-26H2,1-3H3,(H,39,45);10-15,18,20,27,39H,5-9,16-17,19,21-23H2,1-4H3;9-14,17,19,27,38-39H,4-8,15-16,18,20-22H2,1-3H3/t31-;2*27-/m000/s1. The molecule has 0 aliphatic carbocycles. The molecular weight excluding hydrogens is 1700 g/mol. The second kappa shape index (κ2) is 50.0. The number of fused-ring (bicyclic) bond motifs is 3. The molecule has 0 fully saturated rings. The fourth-order valence-electron chi connectivity index (χ4n) is 16.7. The van der Waals surface area contributed by atoms with Crippen LogP contribution in [0.1, 0.15) is 239 Å². The number of ether oxygens (including phenoxy) is 4. The molecule has 134 heavy (non-hydrogen) atoms. The van der Waals surface area contributed by atoms with E-state index in [4.69, 9.17) is 34.2 Å². The zero-order valence-corrected chi connectivity index (χ0v) is 79.2. The summed E-state index contributed by atoms with van der Waals surface area (Å²) in [6, 6.07) is 51.9. The van der Waals surface area contributed by atoms with Crippen LogP contribution in [0.25, 0.3) is 17.1 Å². The largest absolute Gasteiger partial charge is 0.509 e. The van der Waals surface area contributed by atoms with Gasteiger partial charge >= 0.3 is 5.97 Å². The van der Waals surface area contributed by atoms with E-state index in [-0.39, 0.29) is 99.4 Å². The molecule has 0 saturated heterocycles. The average Bonchev–Trinajstić information content (AvgIpc) is 1.44. The van der Waals surface area contributed by atoms with Crippen LogP contribution >= 0.6 is 0 Å². The van der Waals surface area contributed by atoms with Crippen molar-refractivity contribution in [2.75, 3.05) is 90.8 Å². The molecule has 712 valence electrons. The number of rotatable bonds is 41. The maximum Gasteiger partial charge on any atom is 0.344 e. The Kier molecular flexibility index (Phi) is 37.8. The van der Waals surface area contributed by atoms with E-state index in [1.54, 1.807) is 121 Å². The molecule has 3 atom stereocenters. The van der Waals surface area contributed by atoms with Gasteiger partial charge in [-0.1, -0.05) is 178 Å². The molecule has 7 aromatic carbocycles. The fourth-order valence-corrected chi connectivity index (χ4v) is 16.7. The van der Waals surface area contributed by atoms with E-state index in [9.17, 15) is 58.8 Å². The number of nitrogens with zero attached hydrogens (tertiary/aromatic N) is 12. The first-order valence-corrected chi connectivity index (χ1v) is 47.1. The SMILES string of the molecule is C=C(O)COc1ccc(C(=O)N2Cc3ccccc3C[C@H]2CO)c(-n2nc(C(=O)N(CCCC)CCCC)cc2C)c1.CCCCN(CCCC)C(=O)c1cc(C)n(-c2cc(OCC(=O)Nc3ccccc3)ccc2C(=O)N2Cc3ccccc3C[C@H]2CO)n1.CCCCN(CCCC)C(=O)c1cc(C)n(-c2cc(OCC(=O)OCC)ccc2C(=O)N2Cc3ccccc3C[C@H]2CO)n1. The Hall–Kier alpha value is -13.3. The summed E-state index contributed by atoms with van der Waals surface area (Å²) < 4.78 is 27.1. The lowest BCUT2D eigenvalue weighted by molar-refractivity contribution is -0.145. The zero-order valence-electron chi connectivity index (χ0n) is 79.2. The van der Waals surface area contributed by atoms with Crippen LogP contribution in [-0.2, 0) is 53.2 Å². The Labute approximate surface area is 786 Å². The van der Waals surface area contributed by atoms with Crippen molar-refractivity contribution in [3.05, 3.63) is 272 Å². The number of carbonyl (C=O) groups excluding carboxylic acids is 8. The van der Waals surface area contributed by atoms with Crippen molar-refractivity contribution < 1.29 is 77.7 Å². The average molecular weight is 1830 g/mol. The highest BCUT2D eigenvalue weighted by Gasteiger charge is 2.37. The molecule has 10 aromatic rings. The Morgan fingerprint density at radius 2 is 0.679 bits per heavy atom. The summed E-state index contributed by atoms with van der Waals surface area (Å²) in [7, 11) is 0. The lowest BCUT2D eigenvalue weighted by Gasteiger charge is -2.36. The first-order chi connectivity index (χ1) is 64.9. The smallest absolute Gasteiger partial charge is 0.344 e.